The van der Waals surface area contributed by atoms with Crippen LogP contribution < -0.4 is 4.90 Å². The summed E-state index contributed by atoms with van der Waals surface area (Å²) in [7, 11) is -3.07. The van der Waals surface area contributed by atoms with Gasteiger partial charge in [-0.25, -0.2) is 18.4 Å². The lowest BCUT2D eigenvalue weighted by atomic mass is 9.90. The van der Waals surface area contributed by atoms with Crippen LogP contribution in [0.2, 0.25) is 0 Å². The van der Waals surface area contributed by atoms with E-state index in [4.69, 9.17) is 4.74 Å². The summed E-state index contributed by atoms with van der Waals surface area (Å²) in [6.45, 7) is 7.73. The molecule has 3 atom stereocenters. The third-order valence-electron chi connectivity index (χ3n) is 6.88. The Balaban J connectivity index is 1.13. The van der Waals surface area contributed by atoms with E-state index in [0.717, 1.165) is 61.8 Å². The molecule has 0 N–H and O–H groups in total. The van der Waals surface area contributed by atoms with Gasteiger partial charge in [0.15, 0.2) is 0 Å². The molecule has 1 saturated carbocycles. The molecule has 7 nitrogen and oxygen atoms in total. The summed E-state index contributed by atoms with van der Waals surface area (Å²) >= 11 is 0. The molecule has 2 saturated heterocycles. The van der Waals surface area contributed by atoms with Crippen molar-refractivity contribution in [2.24, 2.45) is 17.8 Å². The number of hydrogen-bond acceptors (Lipinski definition) is 6. The molecule has 1 aliphatic carbocycles. The molecule has 2 aliphatic heterocycles. The smallest absolute Gasteiger partial charge is 0.225 e. The minimum absolute atomic E-state index is 0.0753. The Morgan fingerprint density at radius 1 is 1.14 bits per heavy atom. The highest BCUT2D eigenvalue weighted by Gasteiger charge is 2.43. The first kappa shape index (κ1) is 21.0. The van der Waals surface area contributed by atoms with Crippen molar-refractivity contribution in [2.45, 2.75) is 52.1 Å². The average molecular weight is 423 g/mol. The van der Waals surface area contributed by atoms with E-state index < -0.39 is 10.0 Å². The van der Waals surface area contributed by atoms with Crippen LogP contribution in [0, 0.1) is 24.7 Å². The fourth-order valence-corrected chi connectivity index (χ4v) is 6.05. The van der Waals surface area contributed by atoms with Crippen molar-refractivity contribution in [1.82, 2.24) is 14.3 Å². The van der Waals surface area contributed by atoms with Gasteiger partial charge in [-0.05, 0) is 69.3 Å². The minimum atomic E-state index is -3.07. The van der Waals surface area contributed by atoms with E-state index in [1.165, 1.54) is 19.3 Å². The zero-order valence-corrected chi connectivity index (χ0v) is 18.5. The van der Waals surface area contributed by atoms with E-state index >= 15 is 0 Å². The Hall–Kier alpha value is -1.25. The van der Waals surface area contributed by atoms with Gasteiger partial charge in [0.25, 0.3) is 0 Å². The fraction of sp³-hybridized carbons (Fsp3) is 0.810. The Labute approximate surface area is 174 Å². The number of hydrogen-bond donors (Lipinski definition) is 0. The second kappa shape index (κ2) is 8.86. The van der Waals surface area contributed by atoms with Crippen molar-refractivity contribution >= 4 is 16.0 Å². The monoisotopic (exact) mass is 422 g/mol. The molecular formula is C21H34N4O3S. The lowest BCUT2D eigenvalue weighted by molar-refractivity contribution is 0.0582. The third kappa shape index (κ3) is 5.09. The van der Waals surface area contributed by atoms with Crippen LogP contribution in [-0.2, 0) is 14.8 Å². The van der Waals surface area contributed by atoms with Crippen LogP contribution in [0.4, 0.5) is 5.95 Å². The maximum absolute atomic E-state index is 11.9. The van der Waals surface area contributed by atoms with Crippen LogP contribution in [0.1, 0.15) is 44.6 Å². The van der Waals surface area contributed by atoms with Crippen molar-refractivity contribution in [3.05, 3.63) is 18.0 Å². The van der Waals surface area contributed by atoms with E-state index in [0.29, 0.717) is 13.1 Å². The molecule has 8 heteroatoms. The van der Waals surface area contributed by atoms with E-state index in [-0.39, 0.29) is 11.9 Å². The molecule has 0 bridgehead atoms. The van der Waals surface area contributed by atoms with Crippen LogP contribution in [-0.4, -0.2) is 67.3 Å². The zero-order chi connectivity index (χ0) is 20.4. The molecule has 3 aliphatic rings. The summed E-state index contributed by atoms with van der Waals surface area (Å²) in [4.78, 5) is 11.2. The first-order chi connectivity index (χ1) is 14.0. The third-order valence-corrected chi connectivity index (χ3v) is 8.73. The first-order valence-corrected chi connectivity index (χ1v) is 12.7. The Morgan fingerprint density at radius 2 is 1.86 bits per heavy atom. The lowest BCUT2D eigenvalue weighted by Crippen LogP contribution is -2.35. The predicted molar refractivity (Wildman–Crippen MR) is 113 cm³/mol. The van der Waals surface area contributed by atoms with Crippen molar-refractivity contribution in [3.8, 4) is 0 Å². The zero-order valence-electron chi connectivity index (χ0n) is 17.7. The molecule has 3 heterocycles. The Morgan fingerprint density at radius 3 is 2.55 bits per heavy atom. The number of ether oxygens (including phenoxy) is 1. The van der Waals surface area contributed by atoms with Gasteiger partial charge in [0.1, 0.15) is 0 Å². The molecule has 4 rings (SSSR count). The quantitative estimate of drug-likeness (QED) is 0.641. The topological polar surface area (TPSA) is 75.6 Å². The van der Waals surface area contributed by atoms with Crippen molar-refractivity contribution in [2.75, 3.05) is 43.4 Å². The van der Waals surface area contributed by atoms with Crippen LogP contribution in [0.15, 0.2) is 12.4 Å². The number of anilines is 1. The summed E-state index contributed by atoms with van der Waals surface area (Å²) in [6, 6.07) is 0. The number of nitrogens with zero attached hydrogens (tertiary/aromatic N) is 4. The van der Waals surface area contributed by atoms with Gasteiger partial charge < -0.3 is 9.64 Å². The molecule has 0 aromatic carbocycles. The van der Waals surface area contributed by atoms with Crippen molar-refractivity contribution < 1.29 is 13.2 Å². The standard InChI is InChI=1S/C21H34N4O3S/c1-3-29(26,27)25-10-6-19(15-25)28-11-7-18-12-20(18)17-4-8-24(9-5-17)21-22-13-16(2)14-23-21/h13-14,17-20H,3-12,15H2,1-2H3/t18-,19?,20-/m1/s1. The molecule has 1 unspecified atom stereocenters. The highest BCUT2D eigenvalue weighted by atomic mass is 32.2. The second-order valence-corrected chi connectivity index (χ2v) is 11.1. The summed E-state index contributed by atoms with van der Waals surface area (Å²) in [5.41, 5.74) is 1.10. The summed E-state index contributed by atoms with van der Waals surface area (Å²) in [5, 5.41) is 0. The fourth-order valence-electron chi connectivity index (χ4n) is 4.91. The molecule has 162 valence electrons. The van der Waals surface area contributed by atoms with Crippen LogP contribution in [0.5, 0.6) is 0 Å². The van der Waals surface area contributed by atoms with Gasteiger partial charge in [-0.1, -0.05) is 0 Å². The number of piperidine rings is 1. The summed E-state index contributed by atoms with van der Waals surface area (Å²) in [6.07, 6.45) is 9.59. The largest absolute Gasteiger partial charge is 0.377 e. The maximum atomic E-state index is 11.9. The van der Waals surface area contributed by atoms with Crippen molar-refractivity contribution in [1.29, 1.82) is 0 Å². The van der Waals surface area contributed by atoms with Crippen molar-refractivity contribution in [3.63, 3.8) is 0 Å². The van der Waals surface area contributed by atoms with E-state index in [1.54, 1.807) is 11.2 Å². The molecular weight excluding hydrogens is 388 g/mol. The predicted octanol–water partition coefficient (Wildman–Crippen LogP) is 2.47. The van der Waals surface area contributed by atoms with Gasteiger partial charge in [-0.15, -0.1) is 0 Å². The first-order valence-electron chi connectivity index (χ1n) is 11.1. The summed E-state index contributed by atoms with van der Waals surface area (Å²) < 4.78 is 31.5. The minimum Gasteiger partial charge on any atom is -0.377 e. The number of aryl methyl sites for hydroxylation is 1. The molecule has 29 heavy (non-hydrogen) atoms. The average Bonchev–Trinajstić information content (AvgIpc) is 3.34. The van der Waals surface area contributed by atoms with Gasteiger partial charge in [-0.2, -0.15) is 4.31 Å². The van der Waals surface area contributed by atoms with Gasteiger partial charge in [0, 0.05) is 45.2 Å². The molecule has 0 spiro atoms. The normalized spacial score (nSPS) is 28.8. The Kier molecular flexibility index (Phi) is 6.41. The molecule has 1 aromatic heterocycles. The summed E-state index contributed by atoms with van der Waals surface area (Å²) in [5.74, 6) is 3.50. The number of sulfonamides is 1. The van der Waals surface area contributed by atoms with Gasteiger partial charge in [0.2, 0.25) is 16.0 Å². The van der Waals surface area contributed by atoms with Gasteiger partial charge >= 0.3 is 0 Å². The number of aromatic nitrogens is 2. The highest BCUT2D eigenvalue weighted by molar-refractivity contribution is 7.89. The van der Waals surface area contributed by atoms with E-state index in [2.05, 4.69) is 14.9 Å². The van der Waals surface area contributed by atoms with Crippen LogP contribution >= 0.6 is 0 Å². The van der Waals surface area contributed by atoms with Crippen LogP contribution in [0.25, 0.3) is 0 Å². The SMILES string of the molecule is CCS(=O)(=O)N1CCC(OCC[C@@H]2C[C@@H]2C2CCN(c3ncc(C)cn3)CC2)C1. The molecule has 0 radical (unpaired) electrons. The highest BCUT2D eigenvalue weighted by Crippen LogP contribution is 2.49. The van der Waals surface area contributed by atoms with E-state index in [9.17, 15) is 8.42 Å². The lowest BCUT2D eigenvalue weighted by Gasteiger charge is -2.32. The second-order valence-electron chi connectivity index (χ2n) is 8.87. The Bertz CT molecular complexity index is 778. The molecule has 3 fully saturated rings. The molecule has 0 amide bonds. The van der Waals surface area contributed by atoms with E-state index in [1.807, 2.05) is 19.3 Å². The van der Waals surface area contributed by atoms with Gasteiger partial charge in [-0.3, -0.25) is 0 Å². The van der Waals surface area contributed by atoms with Gasteiger partial charge in [0.05, 0.1) is 11.9 Å². The number of rotatable bonds is 8. The maximum Gasteiger partial charge on any atom is 0.225 e. The molecule has 1 aromatic rings. The van der Waals surface area contributed by atoms with Crippen LogP contribution in [0.3, 0.4) is 0 Å².